The summed E-state index contributed by atoms with van der Waals surface area (Å²) in [7, 11) is 5.15. The summed E-state index contributed by atoms with van der Waals surface area (Å²) in [5.74, 6) is 1.21. The number of nitrogens with zero attached hydrogens (tertiary/aromatic N) is 1. The first kappa shape index (κ1) is 39.1. The van der Waals surface area contributed by atoms with Gasteiger partial charge in [-0.3, -0.25) is 4.79 Å². The number of aryl methyl sites for hydroxylation is 1. The molecule has 3 aromatic carbocycles. The zero-order valence-corrected chi connectivity index (χ0v) is 27.7. The second kappa shape index (κ2) is 22.7. The van der Waals surface area contributed by atoms with Crippen molar-refractivity contribution in [1.82, 2.24) is 10.2 Å². The molecule has 43 heavy (non-hydrogen) atoms. The lowest BCUT2D eigenvalue weighted by atomic mass is 10.1. The molecule has 0 atom stereocenters. The van der Waals surface area contributed by atoms with Crippen molar-refractivity contribution in [2.45, 2.75) is 46.3 Å². The predicted molar refractivity (Wildman–Crippen MR) is 173 cm³/mol. The second-order valence-corrected chi connectivity index (χ2v) is 10.9. The molecule has 2 N–H and O–H groups in total. The molecule has 10 heteroatoms. The van der Waals surface area contributed by atoms with E-state index >= 15 is 0 Å². The third-order valence-electron chi connectivity index (χ3n) is 5.13. The number of likely N-dealkylation sites (N-methyl/N-ethyl adjacent to an activating group) is 2. The fourth-order valence-corrected chi connectivity index (χ4v) is 3.50. The molecule has 0 aliphatic carbocycles. The van der Waals surface area contributed by atoms with E-state index in [9.17, 15) is 14.4 Å². The molecule has 0 heterocycles. The number of benzene rings is 3. The summed E-state index contributed by atoms with van der Waals surface area (Å²) in [4.78, 5) is 32.1. The van der Waals surface area contributed by atoms with Crippen molar-refractivity contribution in [3.63, 3.8) is 0 Å². The topological polar surface area (TPSA) is 114 Å². The van der Waals surface area contributed by atoms with Gasteiger partial charge in [-0.1, -0.05) is 54.1 Å². The van der Waals surface area contributed by atoms with Crippen molar-refractivity contribution < 1.29 is 33.7 Å². The van der Waals surface area contributed by atoms with Crippen molar-refractivity contribution in [3.05, 3.63) is 94.0 Å². The summed E-state index contributed by atoms with van der Waals surface area (Å²) < 4.78 is 15.7. The van der Waals surface area contributed by atoms with Gasteiger partial charge in [0.15, 0.2) is 0 Å². The molecule has 9 nitrogen and oxygen atoms in total. The van der Waals surface area contributed by atoms with E-state index in [2.05, 4.69) is 38.1 Å². The van der Waals surface area contributed by atoms with Crippen LogP contribution in [0.4, 0.5) is 4.79 Å². The standard InChI is InChI=1S/C10H14BrNO.C8H15NO3.C8H8O2.C7H8O/c1-12-6-5-8-3-4-10(13-2)9(11)7-8;1-8(2,3)12-7(11)9(4)5-6-10;9-7-10-6-8-4-2-1-3-5-8;1-6-2-4-7(8)5-3-6/h3-4,7,12H,5-6H2,1-2H3;6H,5H2,1-4H3;1-5,7H,6H2;2-5,8H,1H3. The molecule has 236 valence electrons. The van der Waals surface area contributed by atoms with Crippen LogP contribution in [0.5, 0.6) is 11.5 Å². The maximum atomic E-state index is 11.1. The number of hydrogen-bond donors (Lipinski definition) is 2. The van der Waals surface area contributed by atoms with Crippen LogP contribution in [0.15, 0.2) is 77.3 Å². The van der Waals surface area contributed by atoms with Crippen LogP contribution in [0, 0.1) is 6.92 Å². The van der Waals surface area contributed by atoms with Crippen molar-refractivity contribution in [2.75, 3.05) is 34.3 Å². The number of methoxy groups -OCH3 is 1. The van der Waals surface area contributed by atoms with Crippen LogP contribution >= 0.6 is 15.9 Å². The fourth-order valence-electron chi connectivity index (χ4n) is 2.91. The molecule has 0 unspecified atom stereocenters. The molecule has 0 saturated carbocycles. The van der Waals surface area contributed by atoms with Gasteiger partial charge >= 0.3 is 6.09 Å². The van der Waals surface area contributed by atoms with Gasteiger partial charge in [0, 0.05) is 7.05 Å². The fraction of sp³-hybridized carbons (Fsp3) is 0.364. The Labute approximate surface area is 264 Å². The number of nitrogens with one attached hydrogen (secondary N) is 1. The predicted octanol–water partition coefficient (Wildman–Crippen LogP) is 6.33. The van der Waals surface area contributed by atoms with Gasteiger partial charge in [0.2, 0.25) is 0 Å². The van der Waals surface area contributed by atoms with Gasteiger partial charge in [-0.15, -0.1) is 0 Å². The van der Waals surface area contributed by atoms with E-state index in [1.54, 1.807) is 40.0 Å². The number of amides is 1. The van der Waals surface area contributed by atoms with E-state index in [0.29, 0.717) is 25.1 Å². The van der Waals surface area contributed by atoms with Crippen LogP contribution in [0.3, 0.4) is 0 Å². The SMILES string of the molecule is CN(CC=O)C(=O)OC(C)(C)C.CNCCc1ccc(OC)c(Br)c1.Cc1ccc(O)cc1.O=COCc1ccccc1. The number of halogens is 1. The Bertz CT molecular complexity index is 1160. The highest BCUT2D eigenvalue weighted by molar-refractivity contribution is 9.10. The van der Waals surface area contributed by atoms with Crippen LogP contribution in [0.2, 0.25) is 0 Å². The van der Waals surface area contributed by atoms with Crippen molar-refractivity contribution >= 4 is 34.8 Å². The number of phenolic OH excluding ortho intramolecular Hbond substituents is 1. The minimum atomic E-state index is -0.506. The number of ether oxygens (including phenoxy) is 3. The van der Waals surface area contributed by atoms with Gasteiger partial charge in [-0.05, 0) is 99.0 Å². The van der Waals surface area contributed by atoms with Crippen LogP contribution in [0.25, 0.3) is 0 Å². The van der Waals surface area contributed by atoms with Crippen LogP contribution in [-0.2, 0) is 32.1 Å². The Hall–Kier alpha value is -3.89. The Morgan fingerprint density at radius 2 is 1.63 bits per heavy atom. The molecular formula is C33H45BrN2O7. The van der Waals surface area contributed by atoms with E-state index in [0.717, 1.165) is 28.8 Å². The molecule has 3 aromatic rings. The van der Waals surface area contributed by atoms with Crippen molar-refractivity contribution in [2.24, 2.45) is 0 Å². The molecule has 3 rings (SSSR count). The Kier molecular flexibility index (Phi) is 20.6. The minimum Gasteiger partial charge on any atom is -0.508 e. The average molecular weight is 662 g/mol. The normalized spacial score (nSPS) is 9.77. The quantitative estimate of drug-likeness (QED) is 0.256. The molecule has 0 aliphatic rings. The number of hydrogen-bond acceptors (Lipinski definition) is 8. The number of phenols is 1. The number of carbonyl (C=O) groups excluding carboxylic acids is 3. The minimum absolute atomic E-state index is 0.0644. The molecule has 0 saturated heterocycles. The third-order valence-corrected chi connectivity index (χ3v) is 5.75. The lowest BCUT2D eigenvalue weighted by molar-refractivity contribution is -0.129. The van der Waals surface area contributed by atoms with Crippen LogP contribution < -0.4 is 10.1 Å². The lowest BCUT2D eigenvalue weighted by Crippen LogP contribution is -2.35. The average Bonchev–Trinajstić information content (AvgIpc) is 2.97. The van der Waals surface area contributed by atoms with Crippen molar-refractivity contribution in [3.8, 4) is 11.5 Å². The van der Waals surface area contributed by atoms with E-state index in [1.807, 2.05) is 62.5 Å². The summed E-state index contributed by atoms with van der Waals surface area (Å²) >= 11 is 3.45. The molecule has 0 aliphatic heterocycles. The monoisotopic (exact) mass is 660 g/mol. The number of aromatic hydroxyl groups is 1. The maximum absolute atomic E-state index is 11.1. The maximum Gasteiger partial charge on any atom is 0.410 e. The molecule has 0 bridgehead atoms. The highest BCUT2D eigenvalue weighted by Crippen LogP contribution is 2.25. The zero-order valence-electron chi connectivity index (χ0n) is 26.1. The summed E-state index contributed by atoms with van der Waals surface area (Å²) in [5, 5.41) is 11.9. The molecular weight excluding hydrogens is 616 g/mol. The summed E-state index contributed by atoms with van der Waals surface area (Å²) in [6.45, 7) is 9.20. The van der Waals surface area contributed by atoms with E-state index < -0.39 is 11.7 Å². The molecule has 0 radical (unpaired) electrons. The first-order valence-corrected chi connectivity index (χ1v) is 14.4. The zero-order chi connectivity index (χ0) is 32.7. The first-order chi connectivity index (χ1) is 20.4. The first-order valence-electron chi connectivity index (χ1n) is 13.6. The van der Waals surface area contributed by atoms with Crippen molar-refractivity contribution in [1.29, 1.82) is 0 Å². The molecule has 0 spiro atoms. The van der Waals surface area contributed by atoms with Gasteiger partial charge < -0.3 is 34.3 Å². The van der Waals surface area contributed by atoms with Gasteiger partial charge in [0.25, 0.3) is 6.47 Å². The Balaban J connectivity index is 0.000000554. The van der Waals surface area contributed by atoms with E-state index in [-0.39, 0.29) is 6.54 Å². The highest BCUT2D eigenvalue weighted by atomic mass is 79.9. The lowest BCUT2D eigenvalue weighted by Gasteiger charge is -2.23. The third kappa shape index (κ3) is 20.6. The Morgan fingerprint density at radius 1 is 1.00 bits per heavy atom. The summed E-state index contributed by atoms with van der Waals surface area (Å²) in [6, 6.07) is 22.8. The molecule has 0 fully saturated rings. The largest absolute Gasteiger partial charge is 0.508 e. The summed E-state index contributed by atoms with van der Waals surface area (Å²) in [6.07, 6.45) is 1.22. The van der Waals surface area contributed by atoms with Crippen LogP contribution in [0.1, 0.15) is 37.5 Å². The number of carbonyl (C=O) groups is 3. The summed E-state index contributed by atoms with van der Waals surface area (Å²) in [5.41, 5.74) is 2.98. The van der Waals surface area contributed by atoms with E-state index in [1.165, 1.54) is 23.1 Å². The van der Waals surface area contributed by atoms with Gasteiger partial charge in [-0.2, -0.15) is 0 Å². The number of rotatable bonds is 9. The second-order valence-electron chi connectivity index (χ2n) is 10.1. The van der Waals surface area contributed by atoms with Gasteiger partial charge in [0.05, 0.1) is 18.1 Å². The molecule has 1 amide bonds. The number of aldehydes is 1. The smallest absolute Gasteiger partial charge is 0.410 e. The van der Waals surface area contributed by atoms with Crippen LogP contribution in [-0.4, -0.2) is 68.8 Å². The van der Waals surface area contributed by atoms with E-state index in [4.69, 9.17) is 14.6 Å². The Morgan fingerprint density at radius 3 is 2.09 bits per heavy atom. The molecule has 0 aromatic heterocycles. The van der Waals surface area contributed by atoms with Gasteiger partial charge in [0.1, 0.15) is 30.0 Å². The van der Waals surface area contributed by atoms with Gasteiger partial charge in [-0.25, -0.2) is 4.79 Å². The highest BCUT2D eigenvalue weighted by Gasteiger charge is 2.18.